The summed E-state index contributed by atoms with van der Waals surface area (Å²) in [6.07, 6.45) is 0. The molecule has 0 aliphatic heterocycles. The van der Waals surface area contributed by atoms with Crippen molar-refractivity contribution in [2.24, 2.45) is 0 Å². The molecular weight excluding hydrogens is 779 g/mol. The molecule has 1 aliphatic carbocycles. The van der Waals surface area contributed by atoms with Crippen LogP contribution in [0.3, 0.4) is 0 Å². The quantitative estimate of drug-likeness (QED) is 0.160. The van der Waals surface area contributed by atoms with E-state index in [1.165, 1.54) is 33.4 Å². The molecular formula is C61H39NO2. The Morgan fingerprint density at radius 3 is 1.42 bits per heavy atom. The molecule has 300 valence electrons. The standard InChI is InChI=1S/C61H39NO2/c1-3-13-44(14-4-1)61(45-15-5-2-6-16-45)55-20-10-7-17-49(55)53-39-48(33-35-56(53)61)62(46-29-23-40(24-30-46)42-28-36-59-54(37-42)51-19-9-12-22-58(51)63-59)47-31-25-41(26-32-47)43-27-34-52-50-18-8-11-21-57(50)64-60(52)38-43/h1-39H. The molecule has 2 aromatic heterocycles. The summed E-state index contributed by atoms with van der Waals surface area (Å²) in [5, 5.41) is 4.52. The number of anilines is 3. The van der Waals surface area contributed by atoms with Crippen LogP contribution in [0.2, 0.25) is 0 Å². The van der Waals surface area contributed by atoms with Gasteiger partial charge in [0.05, 0.1) is 5.41 Å². The van der Waals surface area contributed by atoms with Crippen LogP contribution < -0.4 is 4.90 Å². The smallest absolute Gasteiger partial charge is 0.136 e. The van der Waals surface area contributed by atoms with Crippen molar-refractivity contribution < 1.29 is 8.83 Å². The Hall–Kier alpha value is -8.40. The molecule has 0 atom stereocenters. The largest absolute Gasteiger partial charge is 0.456 e. The Bertz CT molecular complexity index is 3670. The third kappa shape index (κ3) is 5.54. The number of furan rings is 2. The van der Waals surface area contributed by atoms with E-state index < -0.39 is 5.41 Å². The zero-order chi connectivity index (χ0) is 42.2. The molecule has 2 heterocycles. The van der Waals surface area contributed by atoms with Crippen LogP contribution in [-0.4, -0.2) is 0 Å². The summed E-state index contributed by atoms with van der Waals surface area (Å²) in [4.78, 5) is 2.39. The van der Waals surface area contributed by atoms with Crippen LogP contribution in [0.1, 0.15) is 22.3 Å². The first-order chi connectivity index (χ1) is 31.7. The fourth-order valence-electron chi connectivity index (χ4n) is 10.4. The number of benzene rings is 10. The highest BCUT2D eigenvalue weighted by molar-refractivity contribution is 6.07. The van der Waals surface area contributed by atoms with Crippen molar-refractivity contribution in [3.05, 3.63) is 259 Å². The van der Waals surface area contributed by atoms with Gasteiger partial charge in [0.1, 0.15) is 22.3 Å². The molecule has 0 saturated heterocycles. The van der Waals surface area contributed by atoms with E-state index in [9.17, 15) is 0 Å². The Morgan fingerprint density at radius 2 is 0.750 bits per heavy atom. The lowest BCUT2D eigenvalue weighted by atomic mass is 9.68. The molecule has 0 unspecified atom stereocenters. The van der Waals surface area contributed by atoms with Crippen molar-refractivity contribution in [1.29, 1.82) is 0 Å². The first kappa shape index (κ1) is 36.3. The van der Waals surface area contributed by atoms with E-state index in [4.69, 9.17) is 8.83 Å². The molecule has 0 amide bonds. The van der Waals surface area contributed by atoms with Gasteiger partial charge in [-0.1, -0.05) is 164 Å². The van der Waals surface area contributed by atoms with Crippen molar-refractivity contribution in [1.82, 2.24) is 0 Å². The van der Waals surface area contributed by atoms with Gasteiger partial charge in [-0.25, -0.2) is 0 Å². The van der Waals surface area contributed by atoms with Gasteiger partial charge in [-0.05, 0) is 128 Å². The summed E-state index contributed by atoms with van der Waals surface area (Å²) in [6, 6.07) is 85.4. The molecule has 0 saturated carbocycles. The van der Waals surface area contributed by atoms with E-state index in [-0.39, 0.29) is 0 Å². The second-order valence-electron chi connectivity index (χ2n) is 16.8. The minimum absolute atomic E-state index is 0.469. The van der Waals surface area contributed by atoms with Crippen LogP contribution >= 0.6 is 0 Å². The molecule has 1 aliphatic rings. The summed E-state index contributed by atoms with van der Waals surface area (Å²) in [6.45, 7) is 0. The topological polar surface area (TPSA) is 29.5 Å². The van der Waals surface area contributed by atoms with Gasteiger partial charge in [-0.3, -0.25) is 0 Å². The fraction of sp³-hybridized carbons (Fsp3) is 0.0164. The number of para-hydroxylation sites is 2. The molecule has 12 aromatic rings. The molecule has 3 heteroatoms. The lowest BCUT2D eigenvalue weighted by molar-refractivity contribution is 0.668. The number of hydrogen-bond donors (Lipinski definition) is 0. The monoisotopic (exact) mass is 817 g/mol. The Balaban J connectivity index is 0.954. The summed E-state index contributed by atoms with van der Waals surface area (Å²) in [5.41, 5.74) is 18.5. The molecule has 0 radical (unpaired) electrons. The molecule has 10 aromatic carbocycles. The average Bonchev–Trinajstić information content (AvgIpc) is 4.03. The zero-order valence-electron chi connectivity index (χ0n) is 34.8. The van der Waals surface area contributed by atoms with Crippen LogP contribution in [0.4, 0.5) is 17.1 Å². The lowest BCUT2D eigenvalue weighted by Crippen LogP contribution is -2.28. The van der Waals surface area contributed by atoms with Gasteiger partial charge in [0, 0.05) is 38.6 Å². The summed E-state index contributed by atoms with van der Waals surface area (Å²) in [7, 11) is 0. The summed E-state index contributed by atoms with van der Waals surface area (Å²) < 4.78 is 12.5. The van der Waals surface area contributed by atoms with Gasteiger partial charge >= 0.3 is 0 Å². The predicted molar refractivity (Wildman–Crippen MR) is 264 cm³/mol. The first-order valence-corrected chi connectivity index (χ1v) is 21.9. The maximum Gasteiger partial charge on any atom is 0.136 e. The molecule has 64 heavy (non-hydrogen) atoms. The third-order valence-corrected chi connectivity index (χ3v) is 13.4. The zero-order valence-corrected chi connectivity index (χ0v) is 34.8. The van der Waals surface area contributed by atoms with Gasteiger partial charge in [-0.15, -0.1) is 0 Å². The van der Waals surface area contributed by atoms with Gasteiger partial charge in [-0.2, -0.15) is 0 Å². The van der Waals surface area contributed by atoms with Gasteiger partial charge in [0.15, 0.2) is 0 Å². The summed E-state index contributed by atoms with van der Waals surface area (Å²) >= 11 is 0. The maximum absolute atomic E-state index is 6.29. The molecule has 3 nitrogen and oxygen atoms in total. The van der Waals surface area contributed by atoms with E-state index in [1.54, 1.807) is 0 Å². The van der Waals surface area contributed by atoms with E-state index in [0.717, 1.165) is 83.2 Å². The van der Waals surface area contributed by atoms with Gasteiger partial charge in [0.25, 0.3) is 0 Å². The highest BCUT2D eigenvalue weighted by Gasteiger charge is 2.46. The Labute approximate surface area is 370 Å². The van der Waals surface area contributed by atoms with E-state index in [1.807, 2.05) is 24.3 Å². The average molecular weight is 818 g/mol. The minimum Gasteiger partial charge on any atom is -0.456 e. The number of hydrogen-bond acceptors (Lipinski definition) is 3. The second-order valence-corrected chi connectivity index (χ2v) is 16.8. The number of fused-ring (bicyclic) bond motifs is 9. The molecule has 0 N–H and O–H groups in total. The van der Waals surface area contributed by atoms with Crippen LogP contribution in [0.25, 0.3) is 77.3 Å². The highest BCUT2D eigenvalue weighted by atomic mass is 16.3. The van der Waals surface area contributed by atoms with Crippen LogP contribution in [0.15, 0.2) is 245 Å². The van der Waals surface area contributed by atoms with E-state index >= 15 is 0 Å². The van der Waals surface area contributed by atoms with Crippen LogP contribution in [0, 0.1) is 0 Å². The lowest BCUT2D eigenvalue weighted by Gasteiger charge is -2.34. The maximum atomic E-state index is 6.29. The number of rotatable bonds is 7. The fourth-order valence-corrected chi connectivity index (χ4v) is 10.4. The van der Waals surface area contributed by atoms with E-state index in [0.29, 0.717) is 0 Å². The predicted octanol–water partition coefficient (Wildman–Crippen LogP) is 16.7. The third-order valence-electron chi connectivity index (χ3n) is 13.4. The molecule has 0 spiro atoms. The Morgan fingerprint density at radius 1 is 0.281 bits per heavy atom. The normalized spacial score (nSPS) is 12.8. The first-order valence-electron chi connectivity index (χ1n) is 21.9. The molecule has 0 fully saturated rings. The van der Waals surface area contributed by atoms with Crippen molar-refractivity contribution in [3.8, 4) is 33.4 Å². The SMILES string of the molecule is c1ccc(C2(c3ccccc3)c3ccccc3-c3cc(N(c4ccc(-c5ccc6c(c5)oc5ccccc56)cc4)c4ccc(-c5ccc6oc7ccccc7c6c5)cc4)ccc32)cc1. The van der Waals surface area contributed by atoms with Gasteiger partial charge in [0.2, 0.25) is 0 Å². The van der Waals surface area contributed by atoms with Crippen molar-refractivity contribution in [3.63, 3.8) is 0 Å². The van der Waals surface area contributed by atoms with Crippen molar-refractivity contribution in [2.75, 3.05) is 4.90 Å². The van der Waals surface area contributed by atoms with Crippen molar-refractivity contribution >= 4 is 60.9 Å². The second kappa shape index (κ2) is 14.3. The highest BCUT2D eigenvalue weighted by Crippen LogP contribution is 2.57. The van der Waals surface area contributed by atoms with Gasteiger partial charge < -0.3 is 13.7 Å². The molecule has 13 rings (SSSR count). The number of nitrogens with zero attached hydrogens (tertiary/aromatic N) is 1. The minimum atomic E-state index is -0.469. The van der Waals surface area contributed by atoms with Crippen LogP contribution in [0.5, 0.6) is 0 Å². The summed E-state index contributed by atoms with van der Waals surface area (Å²) in [5.74, 6) is 0. The Kier molecular flexibility index (Phi) is 8.13. The van der Waals surface area contributed by atoms with Crippen molar-refractivity contribution in [2.45, 2.75) is 5.41 Å². The van der Waals surface area contributed by atoms with Crippen LogP contribution in [-0.2, 0) is 5.41 Å². The van der Waals surface area contributed by atoms with E-state index in [2.05, 4.69) is 217 Å². The molecule has 0 bridgehead atoms.